The summed E-state index contributed by atoms with van der Waals surface area (Å²) in [6.45, 7) is 0. The fourth-order valence-corrected chi connectivity index (χ4v) is 6.14. The van der Waals surface area contributed by atoms with Crippen LogP contribution in [0.1, 0.15) is 5.56 Å². The Balaban J connectivity index is 1.37. The van der Waals surface area contributed by atoms with Crippen molar-refractivity contribution in [2.45, 2.75) is 0 Å². The lowest BCUT2D eigenvalue weighted by molar-refractivity contribution is 1.11. The van der Waals surface area contributed by atoms with Crippen LogP contribution in [0, 0.1) is 11.3 Å². The van der Waals surface area contributed by atoms with Crippen LogP contribution in [0.4, 0.5) is 0 Å². The number of fused-ring (bicyclic) bond motifs is 3. The zero-order valence-corrected chi connectivity index (χ0v) is 23.3. The van der Waals surface area contributed by atoms with Gasteiger partial charge in [-0.3, -0.25) is 4.57 Å². The van der Waals surface area contributed by atoms with Gasteiger partial charge < -0.3 is 0 Å². The molecule has 0 saturated heterocycles. The minimum atomic E-state index is 0.662. The molecule has 0 aliphatic rings. The summed E-state index contributed by atoms with van der Waals surface area (Å²) in [4.78, 5) is 5.20. The van der Waals surface area contributed by atoms with Gasteiger partial charge >= 0.3 is 0 Å². The summed E-state index contributed by atoms with van der Waals surface area (Å²) in [5.74, 6) is 0.921. The average molecular weight is 548 g/mol. The lowest BCUT2D eigenvalue weighted by atomic mass is 9.92. The van der Waals surface area contributed by atoms with Gasteiger partial charge in [-0.1, -0.05) is 97.1 Å². The summed E-state index contributed by atoms with van der Waals surface area (Å²) >= 11 is 0. The Morgan fingerprint density at radius 1 is 0.512 bits per heavy atom. The number of nitrogens with zero attached hydrogens (tertiary/aromatic N) is 3. The predicted molar refractivity (Wildman–Crippen MR) is 177 cm³/mol. The Morgan fingerprint density at radius 2 is 1.26 bits per heavy atom. The van der Waals surface area contributed by atoms with Crippen LogP contribution in [-0.2, 0) is 0 Å². The maximum atomic E-state index is 9.28. The maximum Gasteiger partial charge on any atom is 0.146 e. The van der Waals surface area contributed by atoms with Crippen molar-refractivity contribution in [3.63, 3.8) is 0 Å². The SMILES string of the molecule is N#Cc1ccc(-c2cccc3ccc(-c4cc(-c5nc6ccccc6n5-c5ccccc5)c5ccccc5c4)cc23)cc1. The Morgan fingerprint density at radius 3 is 2.12 bits per heavy atom. The van der Waals surface area contributed by atoms with E-state index in [1.165, 1.54) is 16.2 Å². The quantitative estimate of drug-likeness (QED) is 0.220. The highest BCUT2D eigenvalue weighted by Crippen LogP contribution is 2.38. The maximum absolute atomic E-state index is 9.28. The first-order chi connectivity index (χ1) is 21.3. The summed E-state index contributed by atoms with van der Waals surface area (Å²) < 4.78 is 2.27. The van der Waals surface area contributed by atoms with Gasteiger partial charge in [-0.2, -0.15) is 5.26 Å². The highest BCUT2D eigenvalue weighted by molar-refractivity contribution is 6.03. The van der Waals surface area contributed by atoms with E-state index in [4.69, 9.17) is 4.98 Å². The normalized spacial score (nSPS) is 11.2. The zero-order valence-electron chi connectivity index (χ0n) is 23.3. The second-order valence-corrected chi connectivity index (χ2v) is 10.8. The highest BCUT2D eigenvalue weighted by Gasteiger charge is 2.18. The van der Waals surface area contributed by atoms with Crippen LogP contribution in [0.25, 0.3) is 71.9 Å². The Kier molecular flexibility index (Phi) is 5.84. The Bertz CT molecular complexity index is 2340. The monoisotopic (exact) mass is 547 g/mol. The van der Waals surface area contributed by atoms with Crippen LogP contribution in [0.3, 0.4) is 0 Å². The second-order valence-electron chi connectivity index (χ2n) is 10.8. The number of rotatable bonds is 4. The number of hydrogen-bond acceptors (Lipinski definition) is 2. The summed E-state index contributed by atoms with van der Waals surface area (Å²) in [6.07, 6.45) is 0. The van der Waals surface area contributed by atoms with Gasteiger partial charge in [0.25, 0.3) is 0 Å². The highest BCUT2D eigenvalue weighted by atomic mass is 15.1. The van der Waals surface area contributed by atoms with Crippen molar-refractivity contribution in [2.24, 2.45) is 0 Å². The first kappa shape index (κ1) is 24.8. The number of nitriles is 1. The van der Waals surface area contributed by atoms with Crippen LogP contribution in [-0.4, -0.2) is 9.55 Å². The third kappa shape index (κ3) is 4.25. The third-order valence-corrected chi connectivity index (χ3v) is 8.22. The van der Waals surface area contributed by atoms with E-state index < -0.39 is 0 Å². The van der Waals surface area contributed by atoms with Crippen LogP contribution in [0.2, 0.25) is 0 Å². The van der Waals surface area contributed by atoms with E-state index in [2.05, 4.69) is 126 Å². The van der Waals surface area contributed by atoms with Crippen molar-refractivity contribution < 1.29 is 0 Å². The van der Waals surface area contributed by atoms with Gasteiger partial charge in [-0.15, -0.1) is 0 Å². The standard InChI is InChI=1S/C40H25N3/c41-26-27-17-19-29(20-18-27)34-14-8-10-28-21-22-30(24-36(28)34)32-23-31-9-4-5-13-35(31)37(25-32)40-42-38-15-6-7-16-39(38)43(40)33-11-2-1-3-12-33/h1-25H. The molecule has 0 unspecified atom stereocenters. The molecule has 8 rings (SSSR count). The van der Waals surface area contributed by atoms with E-state index in [0.717, 1.165) is 55.7 Å². The minimum Gasteiger partial charge on any atom is -0.292 e. The zero-order chi connectivity index (χ0) is 28.8. The molecule has 0 amide bonds. The smallest absolute Gasteiger partial charge is 0.146 e. The van der Waals surface area contributed by atoms with Crippen LogP contribution in [0.5, 0.6) is 0 Å². The minimum absolute atomic E-state index is 0.662. The number of benzene rings is 7. The summed E-state index contributed by atoms with van der Waals surface area (Å²) in [5, 5.41) is 14.0. The van der Waals surface area contributed by atoms with Crippen molar-refractivity contribution in [3.05, 3.63) is 157 Å². The Hall–Kier alpha value is -5.98. The van der Waals surface area contributed by atoms with Gasteiger partial charge in [0.05, 0.1) is 22.7 Å². The molecule has 0 N–H and O–H groups in total. The van der Waals surface area contributed by atoms with Gasteiger partial charge in [0.1, 0.15) is 5.82 Å². The molecule has 0 aliphatic heterocycles. The molecule has 200 valence electrons. The van der Waals surface area contributed by atoms with Gasteiger partial charge in [-0.25, -0.2) is 4.98 Å². The number of aromatic nitrogens is 2. The molecule has 1 aromatic heterocycles. The number of imidazole rings is 1. The van der Waals surface area contributed by atoms with Gasteiger partial charge in [0.2, 0.25) is 0 Å². The van der Waals surface area contributed by atoms with Gasteiger partial charge in [0, 0.05) is 11.3 Å². The average Bonchev–Trinajstić information content (AvgIpc) is 3.47. The first-order valence-electron chi connectivity index (χ1n) is 14.4. The molecule has 8 aromatic rings. The predicted octanol–water partition coefficient (Wildman–Crippen LogP) is 10.2. The molecule has 0 fully saturated rings. The van der Waals surface area contributed by atoms with Crippen molar-refractivity contribution in [1.82, 2.24) is 9.55 Å². The number of para-hydroxylation sites is 3. The fourth-order valence-electron chi connectivity index (χ4n) is 6.14. The largest absolute Gasteiger partial charge is 0.292 e. The van der Waals surface area contributed by atoms with Gasteiger partial charge in [0.15, 0.2) is 0 Å². The lowest BCUT2D eigenvalue weighted by Crippen LogP contribution is -1.98. The molecule has 1 heterocycles. The summed E-state index contributed by atoms with van der Waals surface area (Å²) in [7, 11) is 0. The van der Waals surface area contributed by atoms with Crippen LogP contribution in [0.15, 0.2) is 152 Å². The Labute approximate surface area is 249 Å². The van der Waals surface area contributed by atoms with Crippen molar-refractivity contribution in [1.29, 1.82) is 5.26 Å². The lowest BCUT2D eigenvalue weighted by Gasteiger charge is -2.15. The molecule has 0 atom stereocenters. The van der Waals surface area contributed by atoms with E-state index in [0.29, 0.717) is 5.56 Å². The molecular weight excluding hydrogens is 522 g/mol. The van der Waals surface area contributed by atoms with Gasteiger partial charge in [-0.05, 0) is 98.4 Å². The molecule has 0 aliphatic carbocycles. The molecule has 3 nitrogen and oxygen atoms in total. The molecule has 43 heavy (non-hydrogen) atoms. The first-order valence-corrected chi connectivity index (χ1v) is 14.4. The fraction of sp³-hybridized carbons (Fsp3) is 0. The topological polar surface area (TPSA) is 41.6 Å². The molecular formula is C40H25N3. The molecule has 7 aromatic carbocycles. The third-order valence-electron chi connectivity index (χ3n) is 8.22. The molecule has 0 saturated carbocycles. The summed E-state index contributed by atoms with van der Waals surface area (Å²) in [5.41, 5.74) is 9.40. The van der Waals surface area contributed by atoms with E-state index >= 15 is 0 Å². The molecule has 3 heteroatoms. The van der Waals surface area contributed by atoms with E-state index in [9.17, 15) is 5.26 Å². The van der Waals surface area contributed by atoms with Crippen molar-refractivity contribution in [3.8, 4) is 45.4 Å². The van der Waals surface area contributed by atoms with E-state index in [1.807, 2.05) is 36.4 Å². The van der Waals surface area contributed by atoms with Crippen LogP contribution < -0.4 is 0 Å². The van der Waals surface area contributed by atoms with Crippen LogP contribution >= 0.6 is 0 Å². The number of hydrogen-bond donors (Lipinski definition) is 0. The molecule has 0 radical (unpaired) electrons. The molecule has 0 spiro atoms. The van der Waals surface area contributed by atoms with Crippen molar-refractivity contribution >= 4 is 32.6 Å². The second kappa shape index (κ2) is 10.1. The van der Waals surface area contributed by atoms with E-state index in [1.54, 1.807) is 0 Å². The summed E-state index contributed by atoms with van der Waals surface area (Å²) in [6, 6.07) is 55.1. The van der Waals surface area contributed by atoms with Crippen molar-refractivity contribution in [2.75, 3.05) is 0 Å². The van der Waals surface area contributed by atoms with E-state index in [-0.39, 0.29) is 0 Å². The molecule has 0 bridgehead atoms.